The predicted molar refractivity (Wildman–Crippen MR) is 86.5 cm³/mol. The van der Waals surface area contributed by atoms with Gasteiger partial charge in [0.1, 0.15) is 11.9 Å². The molecule has 5 heteroatoms. The van der Waals surface area contributed by atoms with Gasteiger partial charge in [-0.15, -0.1) is 0 Å². The average molecular weight is 320 g/mol. The Morgan fingerprint density at radius 2 is 2.09 bits per heavy atom. The number of benzene rings is 1. The second-order valence-corrected chi connectivity index (χ2v) is 6.45. The van der Waals surface area contributed by atoms with Crippen LogP contribution in [-0.4, -0.2) is 42.6 Å². The third-order valence-electron chi connectivity index (χ3n) is 4.53. The van der Waals surface area contributed by atoms with Gasteiger partial charge in [-0.25, -0.2) is 4.39 Å². The van der Waals surface area contributed by atoms with Crippen molar-refractivity contribution in [2.24, 2.45) is 0 Å². The van der Waals surface area contributed by atoms with Crippen molar-refractivity contribution in [1.29, 1.82) is 0 Å². The first-order chi connectivity index (χ1) is 11.2. The summed E-state index contributed by atoms with van der Waals surface area (Å²) < 4.78 is 19.0. The van der Waals surface area contributed by atoms with Crippen LogP contribution in [0.3, 0.4) is 0 Å². The van der Waals surface area contributed by atoms with Gasteiger partial charge in [0.2, 0.25) is 5.91 Å². The smallest absolute Gasteiger partial charge is 0.242 e. The number of halogens is 1. The second kappa shape index (κ2) is 7.41. The van der Waals surface area contributed by atoms with Crippen molar-refractivity contribution in [2.45, 2.75) is 50.8 Å². The fourth-order valence-corrected chi connectivity index (χ4v) is 3.25. The summed E-state index contributed by atoms with van der Waals surface area (Å²) in [7, 11) is 0. The topological polar surface area (TPSA) is 41.6 Å². The summed E-state index contributed by atoms with van der Waals surface area (Å²) in [6, 6.07) is 6.25. The fourth-order valence-electron chi connectivity index (χ4n) is 3.25. The summed E-state index contributed by atoms with van der Waals surface area (Å²) in [5.41, 5.74) is 0.849. The highest BCUT2D eigenvalue weighted by Gasteiger charge is 2.34. The molecule has 1 heterocycles. The van der Waals surface area contributed by atoms with Gasteiger partial charge in [-0.3, -0.25) is 9.69 Å². The molecule has 1 aromatic carbocycles. The molecular weight excluding hydrogens is 295 g/mol. The molecule has 23 heavy (non-hydrogen) atoms. The lowest BCUT2D eigenvalue weighted by molar-refractivity contribution is -0.128. The molecule has 2 atom stereocenters. The van der Waals surface area contributed by atoms with Crippen LogP contribution in [0.1, 0.15) is 44.2 Å². The van der Waals surface area contributed by atoms with Crippen LogP contribution in [0.5, 0.6) is 0 Å². The van der Waals surface area contributed by atoms with Crippen LogP contribution in [0, 0.1) is 5.82 Å². The summed E-state index contributed by atoms with van der Waals surface area (Å²) in [4.78, 5) is 14.9. The third-order valence-corrected chi connectivity index (χ3v) is 4.53. The number of nitrogens with zero attached hydrogens (tertiary/aromatic N) is 1. The zero-order valence-electron chi connectivity index (χ0n) is 13.6. The number of hydrogen-bond acceptors (Lipinski definition) is 3. The monoisotopic (exact) mass is 320 g/mol. The van der Waals surface area contributed by atoms with Crippen LogP contribution >= 0.6 is 0 Å². The molecule has 1 aliphatic heterocycles. The van der Waals surface area contributed by atoms with Gasteiger partial charge in [-0.2, -0.15) is 0 Å². The van der Waals surface area contributed by atoms with Gasteiger partial charge in [0, 0.05) is 19.2 Å². The molecule has 0 unspecified atom stereocenters. The molecule has 2 fully saturated rings. The average Bonchev–Trinajstić information content (AvgIpc) is 3.34. The minimum absolute atomic E-state index is 0.0243. The fraction of sp³-hybridized carbons (Fsp3) is 0.611. The number of likely N-dealkylation sites (tertiary alicyclic amines) is 1. The number of nitrogens with one attached hydrogen (secondary N) is 1. The molecule has 0 aromatic heterocycles. The van der Waals surface area contributed by atoms with Crippen molar-refractivity contribution < 1.29 is 13.9 Å². The normalized spacial score (nSPS) is 23.5. The Bertz CT molecular complexity index is 528. The Morgan fingerprint density at radius 1 is 1.35 bits per heavy atom. The SMILES string of the molecule is CCO[C@H]1CCCN([C@H](C(=O)NC2CC2)c2ccc(F)cc2)C1. The summed E-state index contributed by atoms with van der Waals surface area (Å²) in [6.07, 6.45) is 4.34. The minimum Gasteiger partial charge on any atom is -0.377 e. The molecule has 1 aliphatic carbocycles. The molecular formula is C18H25FN2O2. The van der Waals surface area contributed by atoms with E-state index in [1.165, 1.54) is 12.1 Å². The van der Waals surface area contributed by atoms with E-state index in [1.54, 1.807) is 12.1 Å². The quantitative estimate of drug-likeness (QED) is 0.876. The summed E-state index contributed by atoms with van der Waals surface area (Å²) in [5, 5.41) is 3.10. The second-order valence-electron chi connectivity index (χ2n) is 6.45. The van der Waals surface area contributed by atoms with Crippen molar-refractivity contribution in [3.63, 3.8) is 0 Å². The van der Waals surface area contributed by atoms with Gasteiger partial charge in [0.15, 0.2) is 0 Å². The van der Waals surface area contributed by atoms with Crippen molar-refractivity contribution in [3.05, 3.63) is 35.6 Å². The van der Waals surface area contributed by atoms with Gasteiger partial charge >= 0.3 is 0 Å². The number of ether oxygens (including phenoxy) is 1. The number of rotatable bonds is 6. The molecule has 1 N–H and O–H groups in total. The first-order valence-corrected chi connectivity index (χ1v) is 8.59. The Balaban J connectivity index is 1.78. The van der Waals surface area contributed by atoms with E-state index >= 15 is 0 Å². The first-order valence-electron chi connectivity index (χ1n) is 8.59. The van der Waals surface area contributed by atoms with Gasteiger partial charge in [-0.1, -0.05) is 12.1 Å². The minimum atomic E-state index is -0.362. The number of carbonyl (C=O) groups excluding carboxylic acids is 1. The Hall–Kier alpha value is -1.46. The maximum absolute atomic E-state index is 13.2. The zero-order chi connectivity index (χ0) is 16.2. The third kappa shape index (κ3) is 4.30. The van der Waals surface area contributed by atoms with Crippen molar-refractivity contribution in [3.8, 4) is 0 Å². The molecule has 4 nitrogen and oxygen atoms in total. The molecule has 1 saturated carbocycles. The largest absolute Gasteiger partial charge is 0.377 e. The lowest BCUT2D eigenvalue weighted by Gasteiger charge is -2.37. The van der Waals surface area contributed by atoms with Crippen LogP contribution in [0.2, 0.25) is 0 Å². The predicted octanol–water partition coefficient (Wildman–Crippen LogP) is 2.65. The van der Waals surface area contributed by atoms with E-state index < -0.39 is 0 Å². The molecule has 1 aromatic rings. The molecule has 3 rings (SSSR count). The lowest BCUT2D eigenvalue weighted by Crippen LogP contribution is -2.47. The van der Waals surface area contributed by atoms with Crippen LogP contribution in [0.15, 0.2) is 24.3 Å². The maximum atomic E-state index is 13.2. The van der Waals surface area contributed by atoms with Crippen molar-refractivity contribution in [1.82, 2.24) is 10.2 Å². The summed E-state index contributed by atoms with van der Waals surface area (Å²) in [6.45, 7) is 4.29. The standard InChI is InChI=1S/C18H25FN2O2/c1-2-23-16-4-3-11-21(12-16)17(18(22)20-15-9-10-15)13-5-7-14(19)8-6-13/h5-8,15-17H,2-4,9-12H2,1H3,(H,20,22)/t16-,17-/m0/s1. The van der Waals surface area contributed by atoms with Crippen LogP contribution in [0.4, 0.5) is 4.39 Å². The van der Waals surface area contributed by atoms with Crippen LogP contribution in [0.25, 0.3) is 0 Å². The zero-order valence-corrected chi connectivity index (χ0v) is 13.6. The Morgan fingerprint density at radius 3 is 2.74 bits per heavy atom. The number of piperidine rings is 1. The highest BCUT2D eigenvalue weighted by atomic mass is 19.1. The molecule has 1 saturated heterocycles. The molecule has 0 radical (unpaired) electrons. The lowest BCUT2D eigenvalue weighted by atomic mass is 9.99. The van der Waals surface area contributed by atoms with E-state index in [9.17, 15) is 9.18 Å². The van der Waals surface area contributed by atoms with Crippen LogP contribution in [-0.2, 0) is 9.53 Å². The van der Waals surface area contributed by atoms with Crippen molar-refractivity contribution >= 4 is 5.91 Å². The van der Waals surface area contributed by atoms with Crippen LogP contribution < -0.4 is 5.32 Å². The van der Waals surface area contributed by atoms with E-state index in [0.29, 0.717) is 12.6 Å². The van der Waals surface area contributed by atoms with E-state index in [2.05, 4.69) is 10.2 Å². The molecule has 0 spiro atoms. The van der Waals surface area contributed by atoms with E-state index in [-0.39, 0.29) is 23.9 Å². The highest BCUT2D eigenvalue weighted by Crippen LogP contribution is 2.28. The first kappa shape index (κ1) is 16.4. The van der Waals surface area contributed by atoms with E-state index in [0.717, 1.165) is 44.3 Å². The highest BCUT2D eigenvalue weighted by molar-refractivity contribution is 5.83. The van der Waals surface area contributed by atoms with Gasteiger partial charge < -0.3 is 10.1 Å². The number of hydrogen-bond donors (Lipinski definition) is 1. The van der Waals surface area contributed by atoms with Gasteiger partial charge in [-0.05, 0) is 56.8 Å². The summed E-state index contributed by atoms with van der Waals surface area (Å²) in [5.74, 6) is -0.253. The van der Waals surface area contributed by atoms with E-state index in [1.807, 2.05) is 6.92 Å². The summed E-state index contributed by atoms with van der Waals surface area (Å²) >= 11 is 0. The van der Waals surface area contributed by atoms with Gasteiger partial charge in [0.25, 0.3) is 0 Å². The Labute approximate surface area is 137 Å². The van der Waals surface area contributed by atoms with E-state index in [4.69, 9.17) is 4.74 Å². The maximum Gasteiger partial charge on any atom is 0.242 e. The molecule has 1 amide bonds. The molecule has 2 aliphatic rings. The Kier molecular flexibility index (Phi) is 5.28. The molecule has 0 bridgehead atoms. The van der Waals surface area contributed by atoms with Crippen molar-refractivity contribution in [2.75, 3.05) is 19.7 Å². The number of amides is 1. The molecule has 126 valence electrons. The number of carbonyl (C=O) groups is 1. The van der Waals surface area contributed by atoms with Gasteiger partial charge in [0.05, 0.1) is 6.10 Å².